The summed E-state index contributed by atoms with van der Waals surface area (Å²) in [6.45, 7) is 8.79. The number of carbonyl (C=O) groups is 1. The second-order valence-electron chi connectivity index (χ2n) is 11.3. The summed E-state index contributed by atoms with van der Waals surface area (Å²) in [6, 6.07) is 2.30. The van der Waals surface area contributed by atoms with Crippen molar-refractivity contribution >= 4 is 5.78 Å². The van der Waals surface area contributed by atoms with Crippen LogP contribution in [0.15, 0.2) is 0 Å². The Morgan fingerprint density at radius 2 is 1.79 bits per heavy atom. The van der Waals surface area contributed by atoms with E-state index in [1.165, 1.54) is 0 Å². The number of fused-ring (bicyclic) bond motifs is 4. The van der Waals surface area contributed by atoms with Crippen LogP contribution in [0.5, 0.6) is 0 Å². The van der Waals surface area contributed by atoms with E-state index in [1.54, 1.807) is 0 Å². The number of nitriles is 1. The summed E-state index contributed by atoms with van der Waals surface area (Å²) in [5.41, 5.74) is -1.71. The zero-order chi connectivity index (χ0) is 20.2. The van der Waals surface area contributed by atoms with Gasteiger partial charge in [0.05, 0.1) is 11.7 Å². The van der Waals surface area contributed by atoms with Gasteiger partial charge >= 0.3 is 0 Å². The van der Waals surface area contributed by atoms with Crippen LogP contribution in [-0.2, 0) is 9.53 Å². The van der Waals surface area contributed by atoms with Gasteiger partial charge in [0.1, 0.15) is 11.5 Å². The highest BCUT2D eigenvalue weighted by atomic mass is 16.6. The van der Waals surface area contributed by atoms with Crippen molar-refractivity contribution < 1.29 is 14.6 Å². The maximum atomic E-state index is 12.9. The molecule has 9 atom stereocenters. The zero-order valence-electron chi connectivity index (χ0n) is 17.9. The topological polar surface area (TPSA) is 73.6 Å². The van der Waals surface area contributed by atoms with E-state index in [9.17, 15) is 15.2 Å². The number of ether oxygens (including phenoxy) is 1. The first-order valence-electron chi connectivity index (χ1n) is 11.5. The average Bonchev–Trinajstić information content (AvgIpc) is 3.20. The van der Waals surface area contributed by atoms with Crippen LogP contribution in [0.1, 0.15) is 85.5 Å². The first-order chi connectivity index (χ1) is 13.1. The first-order valence-corrected chi connectivity index (χ1v) is 11.5. The zero-order valence-corrected chi connectivity index (χ0v) is 17.9. The lowest BCUT2D eigenvalue weighted by Gasteiger charge is -2.61. The van der Waals surface area contributed by atoms with Crippen LogP contribution in [-0.4, -0.2) is 27.7 Å². The summed E-state index contributed by atoms with van der Waals surface area (Å²) in [4.78, 5) is 12.9. The van der Waals surface area contributed by atoms with E-state index in [1.807, 2.05) is 6.92 Å². The van der Waals surface area contributed by atoms with E-state index in [2.05, 4.69) is 26.8 Å². The number of nitrogens with zero attached hydrogens (tertiary/aromatic N) is 1. The van der Waals surface area contributed by atoms with Crippen LogP contribution in [0.2, 0.25) is 0 Å². The highest BCUT2D eigenvalue weighted by Gasteiger charge is 2.84. The summed E-state index contributed by atoms with van der Waals surface area (Å²) in [5, 5.41) is 21.2. The number of hydrogen-bond donors (Lipinski definition) is 1. The van der Waals surface area contributed by atoms with Gasteiger partial charge in [-0.3, -0.25) is 4.79 Å². The highest BCUT2D eigenvalue weighted by Crippen LogP contribution is 2.76. The monoisotopic (exact) mass is 385 g/mol. The molecular formula is C24H35NO3. The lowest BCUT2D eigenvalue weighted by Crippen LogP contribution is -2.62. The highest BCUT2D eigenvalue weighted by molar-refractivity contribution is 5.96. The van der Waals surface area contributed by atoms with Crippen molar-refractivity contribution in [3.05, 3.63) is 0 Å². The number of epoxide rings is 1. The summed E-state index contributed by atoms with van der Waals surface area (Å²) in [7, 11) is 0. The fraction of sp³-hybridized carbons (Fsp3) is 0.917. The van der Waals surface area contributed by atoms with E-state index >= 15 is 0 Å². The number of rotatable bonds is 2. The smallest absolute Gasteiger partial charge is 0.184 e. The van der Waals surface area contributed by atoms with E-state index in [4.69, 9.17) is 4.74 Å². The van der Waals surface area contributed by atoms with Crippen LogP contribution >= 0.6 is 0 Å². The van der Waals surface area contributed by atoms with Gasteiger partial charge in [0, 0.05) is 5.41 Å². The number of ketones is 1. The molecule has 1 aliphatic heterocycles. The van der Waals surface area contributed by atoms with Crippen molar-refractivity contribution in [2.75, 3.05) is 0 Å². The van der Waals surface area contributed by atoms with Crippen LogP contribution in [0, 0.1) is 45.8 Å². The Bertz CT molecular complexity index is 774. The Kier molecular flexibility index (Phi) is 3.68. The Balaban J connectivity index is 1.51. The molecule has 4 heteroatoms. The molecule has 0 aromatic carbocycles. The average molecular weight is 386 g/mol. The van der Waals surface area contributed by atoms with Crippen molar-refractivity contribution in [1.29, 1.82) is 5.26 Å². The van der Waals surface area contributed by atoms with E-state index < -0.39 is 17.1 Å². The van der Waals surface area contributed by atoms with Gasteiger partial charge in [-0.15, -0.1) is 0 Å². The minimum Gasteiger partial charge on any atom is -0.389 e. The molecule has 1 N–H and O–H groups in total. The van der Waals surface area contributed by atoms with Gasteiger partial charge in [0.15, 0.2) is 11.4 Å². The number of aliphatic hydroxyl groups is 1. The molecule has 4 aliphatic carbocycles. The number of carbonyl (C=O) groups excluding carboxylic acids is 1. The van der Waals surface area contributed by atoms with Gasteiger partial charge < -0.3 is 9.84 Å². The molecule has 0 bridgehead atoms. The molecule has 154 valence electrons. The van der Waals surface area contributed by atoms with E-state index in [0.29, 0.717) is 24.2 Å². The standard InChI is InChI=1S/C24H35NO3/c1-5-9-23(27)11-8-17-16-6-12-24-21(3,18(16)7-10-20(17,23)2)13-15(14-25)19(26)22(24,4)28-24/h15-18,27H,5-13H2,1-4H3/t15?,16-,17-,18+,20-,21+,22?,23?,24?/m0/s1. The fourth-order valence-corrected chi connectivity index (χ4v) is 9.16. The molecule has 5 aliphatic rings. The SMILES string of the molecule is CCCC1(O)CC[C@H]2[C@@H]3CCC45OC4(C)C(=O)C(C#N)C[C@]5(C)[C@@H]3CC[C@@]21C. The predicted molar refractivity (Wildman–Crippen MR) is 105 cm³/mol. The van der Waals surface area contributed by atoms with Crippen LogP contribution < -0.4 is 0 Å². The third-order valence-electron chi connectivity index (χ3n) is 10.7. The van der Waals surface area contributed by atoms with Gasteiger partial charge in [-0.1, -0.05) is 27.2 Å². The van der Waals surface area contributed by atoms with Crippen molar-refractivity contribution in [2.45, 2.75) is 102 Å². The molecule has 4 unspecified atom stereocenters. The van der Waals surface area contributed by atoms with Gasteiger partial charge in [-0.25, -0.2) is 0 Å². The van der Waals surface area contributed by atoms with Crippen molar-refractivity contribution in [3.8, 4) is 6.07 Å². The predicted octanol–water partition coefficient (Wildman–Crippen LogP) is 4.40. The molecule has 28 heavy (non-hydrogen) atoms. The van der Waals surface area contributed by atoms with Gasteiger partial charge in [-0.05, 0) is 81.5 Å². The van der Waals surface area contributed by atoms with E-state index in [-0.39, 0.29) is 22.2 Å². The minimum absolute atomic E-state index is 0.0118. The normalized spacial score (nSPS) is 59.5. The van der Waals surface area contributed by atoms with Crippen molar-refractivity contribution in [2.24, 2.45) is 34.5 Å². The summed E-state index contributed by atoms with van der Waals surface area (Å²) in [6.07, 6.45) is 8.83. The summed E-state index contributed by atoms with van der Waals surface area (Å²) in [5.74, 6) is 1.12. The molecule has 0 amide bonds. The molecule has 1 spiro atoms. The Morgan fingerprint density at radius 3 is 2.46 bits per heavy atom. The largest absolute Gasteiger partial charge is 0.389 e. The minimum atomic E-state index is -0.745. The van der Waals surface area contributed by atoms with Gasteiger partial charge in [0.2, 0.25) is 0 Å². The van der Waals surface area contributed by atoms with E-state index in [0.717, 1.165) is 51.4 Å². The second-order valence-corrected chi connectivity index (χ2v) is 11.3. The molecule has 5 rings (SSSR count). The molecule has 5 fully saturated rings. The maximum absolute atomic E-state index is 12.9. The molecule has 0 aromatic heterocycles. The molecular weight excluding hydrogens is 350 g/mol. The van der Waals surface area contributed by atoms with Crippen molar-refractivity contribution in [3.63, 3.8) is 0 Å². The lowest BCUT2D eigenvalue weighted by molar-refractivity contribution is -0.159. The molecule has 4 saturated carbocycles. The Hall–Kier alpha value is -0.920. The molecule has 0 aromatic rings. The van der Waals surface area contributed by atoms with Crippen LogP contribution in [0.4, 0.5) is 0 Å². The first kappa shape index (κ1) is 19.1. The molecule has 0 radical (unpaired) electrons. The maximum Gasteiger partial charge on any atom is 0.184 e. The molecule has 4 nitrogen and oxygen atoms in total. The summed E-state index contributed by atoms with van der Waals surface area (Å²) >= 11 is 0. The van der Waals surface area contributed by atoms with Crippen LogP contribution in [0.25, 0.3) is 0 Å². The lowest BCUT2D eigenvalue weighted by atomic mass is 9.42. The summed E-state index contributed by atoms with van der Waals surface area (Å²) < 4.78 is 6.32. The van der Waals surface area contributed by atoms with Gasteiger partial charge in [-0.2, -0.15) is 5.26 Å². The van der Waals surface area contributed by atoms with Crippen molar-refractivity contribution in [1.82, 2.24) is 0 Å². The van der Waals surface area contributed by atoms with Gasteiger partial charge in [0.25, 0.3) is 0 Å². The van der Waals surface area contributed by atoms with Crippen LogP contribution in [0.3, 0.4) is 0 Å². The molecule has 1 saturated heterocycles. The quantitative estimate of drug-likeness (QED) is 0.715. The Labute approximate surface area is 169 Å². The fourth-order valence-electron chi connectivity index (χ4n) is 9.16. The number of Topliss-reactive ketones (excluding diaryl/α,β-unsaturated/α-hetero) is 1. The second kappa shape index (κ2) is 5.41. The molecule has 1 heterocycles. The third-order valence-corrected chi connectivity index (χ3v) is 10.7. The Morgan fingerprint density at radius 1 is 1.11 bits per heavy atom. The third kappa shape index (κ3) is 1.83. The number of hydrogen-bond acceptors (Lipinski definition) is 4.